The van der Waals surface area contributed by atoms with Gasteiger partial charge in [-0.1, -0.05) is 15.9 Å². The molecule has 0 bridgehead atoms. The van der Waals surface area contributed by atoms with E-state index in [0.717, 1.165) is 16.8 Å². The summed E-state index contributed by atoms with van der Waals surface area (Å²) < 4.78 is 6.94. The standard InChI is InChI=1S/C15H22BrNO/c1-13-12-14(16)6-7-15(13)18-11-5-4-10-17-8-2-3-9-17/h6-7,12H,2-5,8-11H2,1H3/p+1. The topological polar surface area (TPSA) is 13.7 Å². The fourth-order valence-corrected chi connectivity index (χ4v) is 3.03. The zero-order valence-corrected chi connectivity index (χ0v) is 12.8. The number of hydrogen-bond acceptors (Lipinski definition) is 1. The number of ether oxygens (including phenoxy) is 1. The van der Waals surface area contributed by atoms with Crippen LogP contribution in [0.3, 0.4) is 0 Å². The van der Waals surface area contributed by atoms with Crippen LogP contribution in [0.4, 0.5) is 0 Å². The quantitative estimate of drug-likeness (QED) is 0.797. The molecule has 0 unspecified atom stereocenters. The van der Waals surface area contributed by atoms with E-state index in [9.17, 15) is 0 Å². The molecule has 18 heavy (non-hydrogen) atoms. The first-order valence-electron chi connectivity index (χ1n) is 6.98. The second-order valence-corrected chi connectivity index (χ2v) is 6.09. The third-order valence-electron chi connectivity index (χ3n) is 3.63. The Morgan fingerprint density at radius 2 is 2.00 bits per heavy atom. The van der Waals surface area contributed by atoms with Gasteiger partial charge in [0.05, 0.1) is 26.2 Å². The van der Waals surface area contributed by atoms with Gasteiger partial charge >= 0.3 is 0 Å². The van der Waals surface area contributed by atoms with Crippen LogP contribution in [-0.2, 0) is 0 Å². The van der Waals surface area contributed by atoms with E-state index in [1.165, 1.54) is 50.9 Å². The van der Waals surface area contributed by atoms with E-state index >= 15 is 0 Å². The molecule has 1 N–H and O–H groups in total. The summed E-state index contributed by atoms with van der Waals surface area (Å²) in [7, 11) is 0. The average Bonchev–Trinajstić information content (AvgIpc) is 2.84. The lowest BCUT2D eigenvalue weighted by molar-refractivity contribution is -0.887. The molecule has 1 heterocycles. The minimum absolute atomic E-state index is 0.843. The second-order valence-electron chi connectivity index (χ2n) is 5.17. The summed E-state index contributed by atoms with van der Waals surface area (Å²) in [5.41, 5.74) is 1.20. The highest BCUT2D eigenvalue weighted by Gasteiger charge is 2.13. The maximum atomic E-state index is 5.83. The Labute approximate surface area is 118 Å². The number of unbranched alkanes of at least 4 members (excludes halogenated alkanes) is 1. The molecule has 100 valence electrons. The lowest BCUT2D eigenvalue weighted by Crippen LogP contribution is -3.09. The molecule has 2 rings (SSSR count). The van der Waals surface area contributed by atoms with Gasteiger partial charge in [-0.25, -0.2) is 0 Å². The molecule has 0 amide bonds. The molecule has 2 nitrogen and oxygen atoms in total. The normalized spacial score (nSPS) is 16.1. The maximum absolute atomic E-state index is 5.83. The molecule has 1 aliphatic rings. The van der Waals surface area contributed by atoms with E-state index in [-0.39, 0.29) is 0 Å². The van der Waals surface area contributed by atoms with Gasteiger partial charge in [-0.15, -0.1) is 0 Å². The lowest BCUT2D eigenvalue weighted by atomic mass is 10.2. The van der Waals surface area contributed by atoms with Crippen LogP contribution in [0.5, 0.6) is 5.75 Å². The number of likely N-dealkylation sites (tertiary alicyclic amines) is 1. The fraction of sp³-hybridized carbons (Fsp3) is 0.600. The van der Waals surface area contributed by atoms with Gasteiger partial charge in [0.15, 0.2) is 0 Å². The summed E-state index contributed by atoms with van der Waals surface area (Å²) in [4.78, 5) is 1.79. The Morgan fingerprint density at radius 1 is 1.22 bits per heavy atom. The van der Waals surface area contributed by atoms with Crippen LogP contribution in [0.25, 0.3) is 0 Å². The first-order chi connectivity index (χ1) is 8.75. The molecule has 0 aliphatic carbocycles. The Kier molecular flexibility index (Phi) is 5.51. The number of halogens is 1. The summed E-state index contributed by atoms with van der Waals surface area (Å²) in [6.45, 7) is 7.02. The van der Waals surface area contributed by atoms with Crippen molar-refractivity contribution in [3.05, 3.63) is 28.2 Å². The van der Waals surface area contributed by atoms with Gasteiger partial charge in [-0.2, -0.15) is 0 Å². The summed E-state index contributed by atoms with van der Waals surface area (Å²) in [6.07, 6.45) is 5.29. The van der Waals surface area contributed by atoms with Crippen LogP contribution < -0.4 is 9.64 Å². The van der Waals surface area contributed by atoms with Gasteiger partial charge in [0.2, 0.25) is 0 Å². The van der Waals surface area contributed by atoms with Crippen molar-refractivity contribution >= 4 is 15.9 Å². The molecular weight excluding hydrogens is 290 g/mol. The van der Waals surface area contributed by atoms with E-state index < -0.39 is 0 Å². The van der Waals surface area contributed by atoms with Gasteiger partial charge in [0.1, 0.15) is 5.75 Å². The molecule has 1 aliphatic heterocycles. The van der Waals surface area contributed by atoms with Crippen LogP contribution in [0.1, 0.15) is 31.2 Å². The number of nitrogens with one attached hydrogen (secondary N) is 1. The molecule has 1 aromatic carbocycles. The van der Waals surface area contributed by atoms with Crippen molar-refractivity contribution in [3.8, 4) is 5.75 Å². The predicted molar refractivity (Wildman–Crippen MR) is 78.4 cm³/mol. The zero-order valence-electron chi connectivity index (χ0n) is 11.2. The van der Waals surface area contributed by atoms with Crippen LogP contribution in [0.15, 0.2) is 22.7 Å². The van der Waals surface area contributed by atoms with Gasteiger partial charge in [0, 0.05) is 17.3 Å². The molecule has 1 aromatic rings. The Morgan fingerprint density at radius 3 is 2.72 bits per heavy atom. The van der Waals surface area contributed by atoms with Gasteiger partial charge in [-0.3, -0.25) is 0 Å². The van der Waals surface area contributed by atoms with Crippen LogP contribution in [0, 0.1) is 6.92 Å². The monoisotopic (exact) mass is 312 g/mol. The highest BCUT2D eigenvalue weighted by molar-refractivity contribution is 9.10. The molecular formula is C15H23BrNO+. The summed E-state index contributed by atoms with van der Waals surface area (Å²) in [5.74, 6) is 1.02. The van der Waals surface area contributed by atoms with Crippen molar-refractivity contribution in [2.45, 2.75) is 32.6 Å². The third kappa shape index (κ3) is 4.29. The zero-order chi connectivity index (χ0) is 12.8. The molecule has 3 heteroatoms. The number of quaternary nitrogens is 1. The lowest BCUT2D eigenvalue weighted by Gasteiger charge is -2.12. The molecule has 0 radical (unpaired) electrons. The fourth-order valence-electron chi connectivity index (χ4n) is 2.56. The van der Waals surface area contributed by atoms with Crippen molar-refractivity contribution in [1.82, 2.24) is 0 Å². The maximum Gasteiger partial charge on any atom is 0.122 e. The van der Waals surface area contributed by atoms with Crippen LogP contribution >= 0.6 is 15.9 Å². The Balaban J connectivity index is 1.62. The van der Waals surface area contributed by atoms with Crippen LogP contribution in [0.2, 0.25) is 0 Å². The minimum atomic E-state index is 0.843. The van der Waals surface area contributed by atoms with Crippen LogP contribution in [-0.4, -0.2) is 26.2 Å². The highest BCUT2D eigenvalue weighted by Crippen LogP contribution is 2.22. The van der Waals surface area contributed by atoms with Crippen molar-refractivity contribution in [3.63, 3.8) is 0 Å². The van der Waals surface area contributed by atoms with Crippen molar-refractivity contribution in [1.29, 1.82) is 0 Å². The summed E-state index contributed by atoms with van der Waals surface area (Å²) in [6, 6.07) is 6.19. The highest BCUT2D eigenvalue weighted by atomic mass is 79.9. The first-order valence-corrected chi connectivity index (χ1v) is 7.77. The molecule has 1 saturated heterocycles. The summed E-state index contributed by atoms with van der Waals surface area (Å²) in [5, 5.41) is 0. The molecule has 0 atom stereocenters. The Hall–Kier alpha value is -0.540. The minimum Gasteiger partial charge on any atom is -0.493 e. The molecule has 0 saturated carbocycles. The largest absolute Gasteiger partial charge is 0.493 e. The van der Waals surface area contributed by atoms with E-state index in [1.54, 1.807) is 4.90 Å². The summed E-state index contributed by atoms with van der Waals surface area (Å²) >= 11 is 3.47. The number of aryl methyl sites for hydroxylation is 1. The van der Waals surface area contributed by atoms with Crippen molar-refractivity contribution < 1.29 is 9.64 Å². The van der Waals surface area contributed by atoms with E-state index in [1.807, 2.05) is 12.1 Å². The Bertz CT molecular complexity index is 375. The SMILES string of the molecule is Cc1cc(Br)ccc1OCCCC[NH+]1CCCC1. The molecule has 1 fully saturated rings. The van der Waals surface area contributed by atoms with Crippen molar-refractivity contribution in [2.75, 3.05) is 26.2 Å². The van der Waals surface area contributed by atoms with Gasteiger partial charge < -0.3 is 9.64 Å². The number of benzene rings is 1. The van der Waals surface area contributed by atoms with Gasteiger partial charge in [0.25, 0.3) is 0 Å². The third-order valence-corrected chi connectivity index (χ3v) is 4.12. The molecule has 0 aromatic heterocycles. The second kappa shape index (κ2) is 7.15. The van der Waals surface area contributed by atoms with E-state index in [2.05, 4.69) is 28.9 Å². The average molecular weight is 313 g/mol. The van der Waals surface area contributed by atoms with Gasteiger partial charge in [-0.05, 0) is 43.5 Å². The van der Waals surface area contributed by atoms with Crippen molar-refractivity contribution in [2.24, 2.45) is 0 Å². The number of hydrogen-bond donors (Lipinski definition) is 1. The predicted octanol–water partition coefficient (Wildman–Crippen LogP) is 2.60. The van der Waals surface area contributed by atoms with E-state index in [0.29, 0.717) is 0 Å². The number of rotatable bonds is 6. The smallest absolute Gasteiger partial charge is 0.122 e. The van der Waals surface area contributed by atoms with E-state index in [4.69, 9.17) is 4.74 Å². The first kappa shape index (κ1) is 13.9. The molecule has 0 spiro atoms.